The molecule has 0 spiro atoms. The van der Waals surface area contributed by atoms with Gasteiger partial charge in [-0.05, 0) is 6.92 Å². The van der Waals surface area contributed by atoms with Crippen LogP contribution in [0.1, 0.15) is 30.2 Å². The molecule has 2 aromatic rings. The quantitative estimate of drug-likeness (QED) is 0.795. The van der Waals surface area contributed by atoms with Crippen LogP contribution in [0.15, 0.2) is 12.4 Å². The highest BCUT2D eigenvalue weighted by atomic mass is 16.5. The molecule has 0 amide bonds. The summed E-state index contributed by atoms with van der Waals surface area (Å²) in [7, 11) is 1.92. The average molecular weight is 276 g/mol. The summed E-state index contributed by atoms with van der Waals surface area (Å²) in [4.78, 5) is 0. The lowest BCUT2D eigenvalue weighted by Crippen LogP contribution is -2.34. The van der Waals surface area contributed by atoms with E-state index in [1.165, 1.54) is 0 Å². The summed E-state index contributed by atoms with van der Waals surface area (Å²) in [5.41, 5.74) is 1.12. The number of hydrogen-bond acceptors (Lipinski definition) is 5. The third kappa shape index (κ3) is 2.46. The molecular formula is C13H20N6O. The average Bonchev–Trinajstić information content (AvgIpc) is 3.06. The van der Waals surface area contributed by atoms with Crippen LogP contribution in [0.2, 0.25) is 0 Å². The van der Waals surface area contributed by atoms with E-state index in [-0.39, 0.29) is 6.04 Å². The first-order valence-electron chi connectivity index (χ1n) is 7.01. The molecule has 0 radical (unpaired) electrons. The second-order valence-corrected chi connectivity index (χ2v) is 4.91. The highest BCUT2D eigenvalue weighted by Gasteiger charge is 2.26. The van der Waals surface area contributed by atoms with Gasteiger partial charge in [0, 0.05) is 44.9 Å². The summed E-state index contributed by atoms with van der Waals surface area (Å²) < 4.78 is 9.41. The zero-order valence-corrected chi connectivity index (χ0v) is 11.9. The number of aromatic nitrogens is 5. The number of hydrogen-bond donors (Lipinski definition) is 1. The fourth-order valence-corrected chi connectivity index (χ4v) is 2.57. The molecule has 1 aliphatic heterocycles. The molecule has 2 aromatic heterocycles. The van der Waals surface area contributed by atoms with Gasteiger partial charge in [-0.2, -0.15) is 5.10 Å². The van der Waals surface area contributed by atoms with Crippen LogP contribution in [0.25, 0.3) is 0 Å². The molecule has 7 heteroatoms. The van der Waals surface area contributed by atoms with Gasteiger partial charge in [0.05, 0.1) is 18.8 Å². The molecular weight excluding hydrogens is 256 g/mol. The maximum atomic E-state index is 5.40. The monoisotopic (exact) mass is 276 g/mol. The summed E-state index contributed by atoms with van der Waals surface area (Å²) in [5, 5.41) is 16.4. The van der Waals surface area contributed by atoms with E-state index in [2.05, 4.69) is 25.2 Å². The molecule has 108 valence electrons. The predicted molar refractivity (Wildman–Crippen MR) is 73.3 cm³/mol. The van der Waals surface area contributed by atoms with Gasteiger partial charge in [0.25, 0.3) is 0 Å². The van der Waals surface area contributed by atoms with Crippen molar-refractivity contribution in [2.75, 3.05) is 19.8 Å². The Balaban J connectivity index is 1.83. The van der Waals surface area contributed by atoms with E-state index in [1.807, 2.05) is 31.0 Å². The summed E-state index contributed by atoms with van der Waals surface area (Å²) in [6.07, 6.45) is 4.70. The predicted octanol–water partition coefficient (Wildman–Crippen LogP) is 0.283. The largest absolute Gasteiger partial charge is 0.381 e. The van der Waals surface area contributed by atoms with Gasteiger partial charge >= 0.3 is 0 Å². The molecule has 7 nitrogen and oxygen atoms in total. The maximum absolute atomic E-state index is 5.40. The van der Waals surface area contributed by atoms with Gasteiger partial charge in [-0.25, -0.2) is 0 Å². The van der Waals surface area contributed by atoms with Gasteiger partial charge in [-0.15, -0.1) is 10.2 Å². The van der Waals surface area contributed by atoms with Crippen LogP contribution in [-0.2, 0) is 24.8 Å². The highest BCUT2D eigenvalue weighted by Crippen LogP contribution is 2.23. The van der Waals surface area contributed by atoms with Crippen LogP contribution in [-0.4, -0.2) is 44.3 Å². The lowest BCUT2D eigenvalue weighted by Gasteiger charge is -2.24. The van der Waals surface area contributed by atoms with E-state index in [4.69, 9.17) is 4.74 Å². The van der Waals surface area contributed by atoms with E-state index in [0.717, 1.165) is 43.3 Å². The van der Waals surface area contributed by atoms with E-state index >= 15 is 0 Å². The molecule has 3 rings (SSSR count). The molecule has 0 aromatic carbocycles. The molecule has 0 saturated heterocycles. The first-order valence-corrected chi connectivity index (χ1v) is 7.01. The molecule has 0 bridgehead atoms. The van der Waals surface area contributed by atoms with Crippen molar-refractivity contribution in [2.24, 2.45) is 7.05 Å². The molecule has 20 heavy (non-hydrogen) atoms. The minimum absolute atomic E-state index is 0.0748. The number of fused-ring (bicyclic) bond motifs is 1. The molecule has 0 saturated carbocycles. The normalized spacial score (nSPS) is 18.2. The molecule has 0 aliphatic carbocycles. The van der Waals surface area contributed by atoms with Crippen molar-refractivity contribution in [3.8, 4) is 0 Å². The highest BCUT2D eigenvalue weighted by molar-refractivity contribution is 5.21. The van der Waals surface area contributed by atoms with Gasteiger partial charge in [0.15, 0.2) is 5.82 Å². The first kappa shape index (κ1) is 13.3. The number of nitrogens with zero attached hydrogens (tertiary/aromatic N) is 5. The van der Waals surface area contributed by atoms with Crippen molar-refractivity contribution >= 4 is 0 Å². The van der Waals surface area contributed by atoms with Gasteiger partial charge in [0.1, 0.15) is 5.82 Å². The first-order chi connectivity index (χ1) is 9.79. The Labute approximate surface area is 117 Å². The zero-order valence-electron chi connectivity index (χ0n) is 11.9. The SMILES string of the molecule is CCOCCc1nnc2n1CCNC2c1cnn(C)c1. The molecule has 3 heterocycles. The Morgan fingerprint density at radius 3 is 3.10 bits per heavy atom. The molecule has 1 aliphatic rings. The minimum Gasteiger partial charge on any atom is -0.381 e. The fraction of sp³-hybridized carbons (Fsp3) is 0.615. The second kappa shape index (κ2) is 5.72. The Hall–Kier alpha value is -1.73. The smallest absolute Gasteiger partial charge is 0.154 e. The second-order valence-electron chi connectivity index (χ2n) is 4.91. The van der Waals surface area contributed by atoms with Gasteiger partial charge in [0.2, 0.25) is 0 Å². The number of aryl methyl sites for hydroxylation is 1. The van der Waals surface area contributed by atoms with Crippen LogP contribution >= 0.6 is 0 Å². The minimum atomic E-state index is 0.0748. The number of nitrogens with one attached hydrogen (secondary N) is 1. The molecule has 0 fully saturated rings. The molecule has 1 atom stereocenters. The topological polar surface area (TPSA) is 69.8 Å². The standard InChI is InChI=1S/C13H20N6O/c1-3-20-7-4-11-16-17-13-12(14-5-6-19(11)13)10-8-15-18(2)9-10/h8-9,12,14H,3-7H2,1-2H3. The Bertz CT molecular complexity index is 575. The van der Waals surface area contributed by atoms with Crippen molar-refractivity contribution < 1.29 is 4.74 Å². The van der Waals surface area contributed by atoms with Crippen LogP contribution in [0.4, 0.5) is 0 Å². The van der Waals surface area contributed by atoms with E-state index < -0.39 is 0 Å². The van der Waals surface area contributed by atoms with Crippen LogP contribution in [0.3, 0.4) is 0 Å². The summed E-state index contributed by atoms with van der Waals surface area (Å²) in [5.74, 6) is 1.97. The van der Waals surface area contributed by atoms with Gasteiger partial charge in [-0.3, -0.25) is 4.68 Å². The molecule has 1 unspecified atom stereocenters. The van der Waals surface area contributed by atoms with Gasteiger partial charge in [-0.1, -0.05) is 0 Å². The zero-order chi connectivity index (χ0) is 13.9. The van der Waals surface area contributed by atoms with E-state index in [1.54, 1.807) is 0 Å². The maximum Gasteiger partial charge on any atom is 0.154 e. The Kier molecular flexibility index (Phi) is 3.79. The van der Waals surface area contributed by atoms with Crippen molar-refractivity contribution in [3.63, 3.8) is 0 Å². The summed E-state index contributed by atoms with van der Waals surface area (Å²) in [6.45, 7) is 5.24. The van der Waals surface area contributed by atoms with Crippen LogP contribution < -0.4 is 5.32 Å². The van der Waals surface area contributed by atoms with Crippen LogP contribution in [0, 0.1) is 0 Å². The third-order valence-corrected chi connectivity index (χ3v) is 3.53. The van der Waals surface area contributed by atoms with Crippen molar-refractivity contribution in [1.82, 2.24) is 29.9 Å². The number of ether oxygens (including phenoxy) is 1. The van der Waals surface area contributed by atoms with E-state index in [9.17, 15) is 0 Å². The Morgan fingerprint density at radius 1 is 1.45 bits per heavy atom. The van der Waals surface area contributed by atoms with Gasteiger partial charge < -0.3 is 14.6 Å². The van der Waals surface area contributed by atoms with Crippen molar-refractivity contribution in [1.29, 1.82) is 0 Å². The van der Waals surface area contributed by atoms with Crippen molar-refractivity contribution in [3.05, 3.63) is 29.6 Å². The summed E-state index contributed by atoms with van der Waals surface area (Å²) in [6, 6.07) is 0.0748. The third-order valence-electron chi connectivity index (χ3n) is 3.53. The van der Waals surface area contributed by atoms with Crippen LogP contribution in [0.5, 0.6) is 0 Å². The summed E-state index contributed by atoms with van der Waals surface area (Å²) >= 11 is 0. The van der Waals surface area contributed by atoms with E-state index in [0.29, 0.717) is 6.61 Å². The fourth-order valence-electron chi connectivity index (χ4n) is 2.57. The molecule has 1 N–H and O–H groups in total. The lowest BCUT2D eigenvalue weighted by molar-refractivity contribution is 0.148. The Morgan fingerprint density at radius 2 is 2.35 bits per heavy atom. The lowest BCUT2D eigenvalue weighted by atomic mass is 10.1. The number of rotatable bonds is 5. The van der Waals surface area contributed by atoms with Crippen molar-refractivity contribution in [2.45, 2.75) is 25.9 Å².